The van der Waals surface area contributed by atoms with Crippen LogP contribution in [0.15, 0.2) is 34.2 Å². The van der Waals surface area contributed by atoms with E-state index in [4.69, 9.17) is 5.73 Å². The van der Waals surface area contributed by atoms with Gasteiger partial charge in [-0.3, -0.25) is 4.99 Å². The average molecular weight is 209 g/mol. The number of nitrogens with two attached hydrogens (primary N) is 1. The summed E-state index contributed by atoms with van der Waals surface area (Å²) in [6, 6.07) is 7.67. The number of nitrogens with one attached hydrogen (secondary N) is 1. The van der Waals surface area contributed by atoms with Gasteiger partial charge in [-0.15, -0.1) is 12.6 Å². The highest BCUT2D eigenvalue weighted by Gasteiger charge is 2.00. The lowest BCUT2D eigenvalue weighted by molar-refractivity contribution is 0.802. The number of aliphatic imine (C=N–C) groups is 1. The summed E-state index contributed by atoms with van der Waals surface area (Å²) in [7, 11) is 1.89. The average Bonchev–Trinajstić information content (AvgIpc) is 2.18. The minimum Gasteiger partial charge on any atom is -0.383 e. The highest BCUT2D eigenvalue weighted by molar-refractivity contribution is 7.80. The standard InChI is InChI=1S/C10H15N3S/c1-12-6-7-13-10(11)8-4-2-3-5-9(8)14/h2-5,12,14H,6-7H2,1H3,(H2,11,13). The Kier molecular flexibility index (Phi) is 4.49. The molecule has 14 heavy (non-hydrogen) atoms. The van der Waals surface area contributed by atoms with Crippen molar-refractivity contribution in [2.75, 3.05) is 20.1 Å². The van der Waals surface area contributed by atoms with Gasteiger partial charge < -0.3 is 11.1 Å². The van der Waals surface area contributed by atoms with Crippen LogP contribution in [0, 0.1) is 0 Å². The summed E-state index contributed by atoms with van der Waals surface area (Å²) in [6.07, 6.45) is 0. The first-order valence-corrected chi connectivity index (χ1v) is 4.93. The molecule has 0 aliphatic heterocycles. The summed E-state index contributed by atoms with van der Waals surface area (Å²) >= 11 is 4.31. The summed E-state index contributed by atoms with van der Waals surface area (Å²) in [5, 5.41) is 3.01. The Bertz CT molecular complexity index is 323. The first-order chi connectivity index (χ1) is 6.75. The summed E-state index contributed by atoms with van der Waals surface area (Å²) < 4.78 is 0. The van der Waals surface area contributed by atoms with Gasteiger partial charge in [-0.05, 0) is 13.1 Å². The predicted octanol–water partition coefficient (Wildman–Crippen LogP) is 0.900. The van der Waals surface area contributed by atoms with Gasteiger partial charge in [0.1, 0.15) is 5.84 Å². The lowest BCUT2D eigenvalue weighted by Crippen LogP contribution is -2.18. The number of thiol groups is 1. The molecule has 0 amide bonds. The topological polar surface area (TPSA) is 50.4 Å². The lowest BCUT2D eigenvalue weighted by Gasteiger charge is -2.03. The second-order valence-electron chi connectivity index (χ2n) is 2.89. The van der Waals surface area contributed by atoms with Gasteiger partial charge in [0.2, 0.25) is 0 Å². The fraction of sp³-hybridized carbons (Fsp3) is 0.300. The molecule has 0 aromatic heterocycles. The zero-order valence-electron chi connectivity index (χ0n) is 8.20. The zero-order valence-corrected chi connectivity index (χ0v) is 9.09. The Hall–Kier alpha value is -1.00. The molecule has 0 atom stereocenters. The van der Waals surface area contributed by atoms with Crippen LogP contribution in [0.5, 0.6) is 0 Å². The van der Waals surface area contributed by atoms with Crippen LogP contribution in [-0.2, 0) is 0 Å². The lowest BCUT2D eigenvalue weighted by atomic mass is 10.2. The highest BCUT2D eigenvalue weighted by Crippen LogP contribution is 2.11. The van der Waals surface area contributed by atoms with E-state index >= 15 is 0 Å². The molecular formula is C10H15N3S. The second kappa shape index (κ2) is 5.67. The van der Waals surface area contributed by atoms with Gasteiger partial charge >= 0.3 is 0 Å². The van der Waals surface area contributed by atoms with Crippen molar-refractivity contribution in [1.82, 2.24) is 5.32 Å². The molecule has 0 aliphatic carbocycles. The molecule has 0 saturated heterocycles. The molecule has 1 aromatic carbocycles. The molecule has 0 unspecified atom stereocenters. The summed E-state index contributed by atoms with van der Waals surface area (Å²) in [6.45, 7) is 1.51. The van der Waals surface area contributed by atoms with Crippen molar-refractivity contribution in [2.24, 2.45) is 10.7 Å². The van der Waals surface area contributed by atoms with Crippen molar-refractivity contribution in [3.8, 4) is 0 Å². The van der Waals surface area contributed by atoms with Gasteiger partial charge in [0.05, 0.1) is 6.54 Å². The van der Waals surface area contributed by atoms with Crippen LogP contribution in [0.25, 0.3) is 0 Å². The van der Waals surface area contributed by atoms with Gasteiger partial charge in [0.25, 0.3) is 0 Å². The Morgan fingerprint density at radius 1 is 1.50 bits per heavy atom. The van der Waals surface area contributed by atoms with Gasteiger partial charge in [0, 0.05) is 17.0 Å². The fourth-order valence-electron chi connectivity index (χ4n) is 1.06. The normalized spacial score (nSPS) is 11.7. The van der Waals surface area contributed by atoms with Crippen molar-refractivity contribution >= 4 is 18.5 Å². The summed E-state index contributed by atoms with van der Waals surface area (Å²) in [5.74, 6) is 0.547. The second-order valence-corrected chi connectivity index (χ2v) is 3.37. The van der Waals surface area contributed by atoms with Crippen LogP contribution in [-0.4, -0.2) is 26.0 Å². The third-order valence-corrected chi connectivity index (χ3v) is 2.21. The molecule has 0 saturated carbocycles. The smallest absolute Gasteiger partial charge is 0.126 e. The Balaban J connectivity index is 2.73. The van der Waals surface area contributed by atoms with Crippen molar-refractivity contribution in [1.29, 1.82) is 0 Å². The number of hydrogen-bond acceptors (Lipinski definition) is 3. The zero-order chi connectivity index (χ0) is 10.4. The molecular weight excluding hydrogens is 194 g/mol. The molecule has 1 aromatic rings. The van der Waals surface area contributed by atoms with E-state index in [9.17, 15) is 0 Å². The molecule has 76 valence electrons. The van der Waals surface area contributed by atoms with E-state index < -0.39 is 0 Å². The maximum Gasteiger partial charge on any atom is 0.126 e. The van der Waals surface area contributed by atoms with E-state index in [1.807, 2.05) is 31.3 Å². The van der Waals surface area contributed by atoms with E-state index in [0.29, 0.717) is 12.4 Å². The molecule has 0 spiro atoms. The van der Waals surface area contributed by atoms with Crippen LogP contribution in [0.2, 0.25) is 0 Å². The minimum atomic E-state index is 0.547. The SMILES string of the molecule is CNCCN=C(N)c1ccccc1S. The fourth-order valence-corrected chi connectivity index (χ4v) is 1.34. The Morgan fingerprint density at radius 3 is 2.86 bits per heavy atom. The molecule has 0 fully saturated rings. The Morgan fingerprint density at radius 2 is 2.21 bits per heavy atom. The third-order valence-electron chi connectivity index (χ3n) is 1.82. The monoisotopic (exact) mass is 209 g/mol. The number of likely N-dealkylation sites (N-methyl/N-ethyl adjacent to an activating group) is 1. The van der Waals surface area contributed by atoms with E-state index in [-0.39, 0.29) is 0 Å². The Labute approximate surface area is 89.8 Å². The van der Waals surface area contributed by atoms with Crippen LogP contribution < -0.4 is 11.1 Å². The maximum absolute atomic E-state index is 5.81. The summed E-state index contributed by atoms with van der Waals surface area (Å²) in [4.78, 5) is 5.09. The molecule has 0 radical (unpaired) electrons. The molecule has 4 heteroatoms. The van der Waals surface area contributed by atoms with Crippen molar-refractivity contribution in [3.63, 3.8) is 0 Å². The van der Waals surface area contributed by atoms with Crippen LogP contribution in [0.3, 0.4) is 0 Å². The highest BCUT2D eigenvalue weighted by atomic mass is 32.1. The quantitative estimate of drug-likeness (QED) is 0.299. The van der Waals surface area contributed by atoms with Crippen molar-refractivity contribution < 1.29 is 0 Å². The van der Waals surface area contributed by atoms with Crippen LogP contribution in [0.1, 0.15) is 5.56 Å². The molecule has 0 aliphatic rings. The van der Waals surface area contributed by atoms with Crippen molar-refractivity contribution in [3.05, 3.63) is 29.8 Å². The first-order valence-electron chi connectivity index (χ1n) is 4.48. The van der Waals surface area contributed by atoms with E-state index in [0.717, 1.165) is 17.0 Å². The van der Waals surface area contributed by atoms with E-state index in [1.54, 1.807) is 0 Å². The van der Waals surface area contributed by atoms with Gasteiger partial charge in [-0.25, -0.2) is 0 Å². The maximum atomic E-state index is 5.81. The molecule has 3 N–H and O–H groups in total. The largest absolute Gasteiger partial charge is 0.383 e. The first kappa shape index (κ1) is 11.1. The van der Waals surface area contributed by atoms with Gasteiger partial charge in [-0.2, -0.15) is 0 Å². The number of benzene rings is 1. The third kappa shape index (κ3) is 3.05. The molecule has 0 heterocycles. The number of amidine groups is 1. The number of rotatable bonds is 4. The minimum absolute atomic E-state index is 0.547. The number of nitrogens with zero attached hydrogens (tertiary/aromatic N) is 1. The van der Waals surface area contributed by atoms with Gasteiger partial charge in [0.15, 0.2) is 0 Å². The molecule has 1 rings (SSSR count). The van der Waals surface area contributed by atoms with Crippen LogP contribution in [0.4, 0.5) is 0 Å². The van der Waals surface area contributed by atoms with E-state index in [1.165, 1.54) is 0 Å². The molecule has 0 bridgehead atoms. The number of hydrogen-bond donors (Lipinski definition) is 3. The molecule has 3 nitrogen and oxygen atoms in total. The van der Waals surface area contributed by atoms with E-state index in [2.05, 4.69) is 22.9 Å². The van der Waals surface area contributed by atoms with Crippen LogP contribution >= 0.6 is 12.6 Å². The summed E-state index contributed by atoms with van der Waals surface area (Å²) in [5.41, 5.74) is 6.71. The van der Waals surface area contributed by atoms with Crippen molar-refractivity contribution in [2.45, 2.75) is 4.90 Å². The van der Waals surface area contributed by atoms with Gasteiger partial charge in [-0.1, -0.05) is 18.2 Å². The predicted molar refractivity (Wildman–Crippen MR) is 63.2 cm³/mol.